The average molecular weight is 266 g/mol. The van der Waals surface area contributed by atoms with Crippen molar-refractivity contribution in [2.24, 2.45) is 5.41 Å². The number of nitrogens with one attached hydrogen (secondary N) is 1. The topological polar surface area (TPSA) is 32.3 Å². The highest BCUT2D eigenvalue weighted by molar-refractivity contribution is 5.74. The van der Waals surface area contributed by atoms with Crippen molar-refractivity contribution >= 4 is 6.03 Å². The molecule has 0 aromatic rings. The van der Waals surface area contributed by atoms with Crippen LogP contribution in [0.5, 0.6) is 0 Å². The fourth-order valence-electron chi connectivity index (χ4n) is 2.43. The highest BCUT2D eigenvalue weighted by Crippen LogP contribution is 2.37. The predicted octanol–water partition coefficient (Wildman–Crippen LogP) is 3.16. The van der Waals surface area contributed by atoms with Crippen LogP contribution in [-0.2, 0) is 0 Å². The number of carbonyl (C=O) groups is 1. The summed E-state index contributed by atoms with van der Waals surface area (Å²) < 4.78 is 35.9. The average Bonchev–Trinajstić information content (AvgIpc) is 2.35. The number of likely N-dealkylation sites (tertiary alicyclic amines) is 1. The predicted molar refractivity (Wildman–Crippen MR) is 63.3 cm³/mol. The van der Waals surface area contributed by atoms with Gasteiger partial charge in [-0.1, -0.05) is 26.7 Å². The van der Waals surface area contributed by atoms with Gasteiger partial charge in [-0.05, 0) is 18.3 Å². The number of carbonyl (C=O) groups excluding carboxylic acids is 1. The van der Waals surface area contributed by atoms with Gasteiger partial charge in [0.2, 0.25) is 0 Å². The maximum absolute atomic E-state index is 12.0. The molecule has 0 aliphatic carbocycles. The van der Waals surface area contributed by atoms with Crippen molar-refractivity contribution < 1.29 is 18.0 Å². The number of hydrogen-bond acceptors (Lipinski definition) is 1. The van der Waals surface area contributed by atoms with Crippen LogP contribution in [0.4, 0.5) is 18.0 Å². The first-order chi connectivity index (χ1) is 8.32. The van der Waals surface area contributed by atoms with Gasteiger partial charge in [-0.15, -0.1) is 0 Å². The number of hydrogen-bond donors (Lipinski definition) is 1. The van der Waals surface area contributed by atoms with Crippen LogP contribution < -0.4 is 5.32 Å². The second-order valence-corrected chi connectivity index (χ2v) is 4.97. The van der Waals surface area contributed by atoms with Crippen LogP contribution >= 0.6 is 0 Å². The van der Waals surface area contributed by atoms with E-state index >= 15 is 0 Å². The molecule has 1 rings (SSSR count). The minimum Gasteiger partial charge on any atom is -0.329 e. The van der Waals surface area contributed by atoms with E-state index in [4.69, 9.17) is 0 Å². The summed E-state index contributed by atoms with van der Waals surface area (Å²) in [5.74, 6) is 0. The Labute approximate surface area is 106 Å². The van der Waals surface area contributed by atoms with Crippen LogP contribution in [0.1, 0.15) is 39.5 Å². The lowest BCUT2D eigenvalue weighted by Crippen LogP contribution is -2.48. The van der Waals surface area contributed by atoms with E-state index in [2.05, 4.69) is 13.8 Å². The summed E-state index contributed by atoms with van der Waals surface area (Å²) in [5.41, 5.74) is 0.265. The van der Waals surface area contributed by atoms with Crippen LogP contribution in [0, 0.1) is 5.41 Å². The summed E-state index contributed by atoms with van der Waals surface area (Å²) in [6, 6.07) is -0.604. The largest absolute Gasteiger partial charge is 0.405 e. The van der Waals surface area contributed by atoms with Crippen molar-refractivity contribution in [1.82, 2.24) is 10.2 Å². The third-order valence-corrected chi connectivity index (χ3v) is 4.05. The van der Waals surface area contributed by atoms with Crippen molar-refractivity contribution in [3.8, 4) is 0 Å². The Hall–Kier alpha value is -0.940. The van der Waals surface area contributed by atoms with E-state index in [1.54, 1.807) is 0 Å². The molecule has 106 valence electrons. The Balaban J connectivity index is 2.41. The third-order valence-electron chi connectivity index (χ3n) is 4.05. The van der Waals surface area contributed by atoms with Crippen LogP contribution in [0.2, 0.25) is 0 Å². The minimum atomic E-state index is -4.35. The number of urea groups is 1. The van der Waals surface area contributed by atoms with Crippen LogP contribution in [-0.4, -0.2) is 36.7 Å². The Morgan fingerprint density at radius 2 is 1.72 bits per heavy atom. The van der Waals surface area contributed by atoms with Crippen molar-refractivity contribution in [3.63, 3.8) is 0 Å². The normalized spacial score (nSPS) is 19.7. The van der Waals surface area contributed by atoms with Crippen molar-refractivity contribution in [2.75, 3.05) is 19.6 Å². The van der Waals surface area contributed by atoms with Crippen molar-refractivity contribution in [1.29, 1.82) is 0 Å². The molecule has 0 unspecified atom stereocenters. The zero-order valence-electron chi connectivity index (χ0n) is 10.9. The number of piperidine rings is 1. The van der Waals surface area contributed by atoms with E-state index < -0.39 is 18.8 Å². The van der Waals surface area contributed by atoms with Gasteiger partial charge in [-0.3, -0.25) is 0 Å². The third kappa shape index (κ3) is 4.07. The monoisotopic (exact) mass is 266 g/mol. The lowest BCUT2D eigenvalue weighted by Gasteiger charge is -2.40. The molecule has 3 nitrogen and oxygen atoms in total. The molecule has 0 aromatic carbocycles. The Kier molecular flexibility index (Phi) is 4.87. The van der Waals surface area contributed by atoms with Crippen molar-refractivity contribution in [3.05, 3.63) is 0 Å². The molecular formula is C12H21F3N2O. The molecule has 0 radical (unpaired) electrons. The first-order valence-corrected chi connectivity index (χ1v) is 6.41. The Bertz CT molecular complexity index is 278. The first kappa shape index (κ1) is 15.1. The van der Waals surface area contributed by atoms with Crippen LogP contribution in [0.3, 0.4) is 0 Å². The molecule has 0 aromatic heterocycles. The molecular weight excluding hydrogens is 245 g/mol. The van der Waals surface area contributed by atoms with E-state index in [1.165, 1.54) is 4.90 Å². The Morgan fingerprint density at radius 3 is 2.11 bits per heavy atom. The number of halogens is 3. The molecule has 1 N–H and O–H groups in total. The van der Waals surface area contributed by atoms with E-state index in [0.717, 1.165) is 25.7 Å². The number of alkyl halides is 3. The van der Waals surface area contributed by atoms with Gasteiger partial charge in [0.25, 0.3) is 0 Å². The second-order valence-electron chi connectivity index (χ2n) is 4.97. The van der Waals surface area contributed by atoms with Gasteiger partial charge in [0.15, 0.2) is 0 Å². The van der Waals surface area contributed by atoms with Gasteiger partial charge in [0.1, 0.15) is 6.54 Å². The van der Waals surface area contributed by atoms with Gasteiger partial charge in [0.05, 0.1) is 0 Å². The van der Waals surface area contributed by atoms with Crippen molar-refractivity contribution in [2.45, 2.75) is 45.7 Å². The summed E-state index contributed by atoms with van der Waals surface area (Å²) in [6.07, 6.45) is -0.482. The Morgan fingerprint density at radius 1 is 1.22 bits per heavy atom. The maximum atomic E-state index is 12.0. The first-order valence-electron chi connectivity index (χ1n) is 6.41. The fourth-order valence-corrected chi connectivity index (χ4v) is 2.43. The van der Waals surface area contributed by atoms with Crippen LogP contribution in [0.25, 0.3) is 0 Å². The van der Waals surface area contributed by atoms with Gasteiger partial charge in [0, 0.05) is 13.1 Å². The molecule has 1 aliphatic rings. The summed E-state index contributed by atoms with van der Waals surface area (Å²) >= 11 is 0. The second kappa shape index (κ2) is 5.80. The number of nitrogens with zero attached hydrogens (tertiary/aromatic N) is 1. The van der Waals surface area contributed by atoms with Gasteiger partial charge < -0.3 is 10.2 Å². The van der Waals surface area contributed by atoms with Gasteiger partial charge >= 0.3 is 12.2 Å². The van der Waals surface area contributed by atoms with E-state index in [0.29, 0.717) is 13.1 Å². The SMILES string of the molecule is CCC1(CC)CCN(C(=O)NCC(F)(F)F)CC1. The standard InChI is InChI=1S/C12H21F3N2O/c1-3-11(4-2)5-7-17(8-6-11)10(18)16-9-12(13,14)15/h3-9H2,1-2H3,(H,16,18). The van der Waals surface area contributed by atoms with Gasteiger partial charge in [-0.2, -0.15) is 13.2 Å². The quantitative estimate of drug-likeness (QED) is 0.836. The van der Waals surface area contributed by atoms with Crippen LogP contribution in [0.15, 0.2) is 0 Å². The summed E-state index contributed by atoms with van der Waals surface area (Å²) in [6.45, 7) is 4.09. The number of amides is 2. The smallest absolute Gasteiger partial charge is 0.329 e. The molecule has 6 heteroatoms. The molecule has 0 atom stereocenters. The molecule has 0 bridgehead atoms. The molecule has 0 saturated carbocycles. The molecule has 1 saturated heterocycles. The summed E-state index contributed by atoms with van der Waals surface area (Å²) in [4.78, 5) is 13.0. The van der Waals surface area contributed by atoms with Gasteiger partial charge in [-0.25, -0.2) is 4.79 Å². The molecule has 1 fully saturated rings. The summed E-state index contributed by atoms with van der Waals surface area (Å²) in [5, 5.41) is 1.92. The maximum Gasteiger partial charge on any atom is 0.405 e. The lowest BCUT2D eigenvalue weighted by molar-refractivity contribution is -0.123. The molecule has 1 heterocycles. The molecule has 18 heavy (non-hydrogen) atoms. The zero-order chi connectivity index (χ0) is 13.8. The van der Waals surface area contributed by atoms with E-state index in [9.17, 15) is 18.0 Å². The lowest BCUT2D eigenvalue weighted by atomic mass is 9.74. The number of rotatable bonds is 3. The molecule has 1 aliphatic heterocycles. The molecule has 2 amide bonds. The zero-order valence-corrected chi connectivity index (χ0v) is 10.9. The summed E-state index contributed by atoms with van der Waals surface area (Å²) in [7, 11) is 0. The van der Waals surface area contributed by atoms with E-state index in [1.807, 2.05) is 5.32 Å². The fraction of sp³-hybridized carbons (Fsp3) is 0.917. The highest BCUT2D eigenvalue weighted by Gasteiger charge is 2.34. The minimum absolute atomic E-state index is 0.265. The molecule has 0 spiro atoms. The highest BCUT2D eigenvalue weighted by atomic mass is 19.4. The van der Waals surface area contributed by atoms with E-state index in [-0.39, 0.29) is 5.41 Å².